The Bertz CT molecular complexity index is 888. The minimum absolute atomic E-state index is 0.204. The molecule has 1 amide bonds. The number of carbonyl (C=O) groups is 1. The van der Waals surface area contributed by atoms with Gasteiger partial charge >= 0.3 is 0 Å². The molecule has 1 aliphatic heterocycles. The second-order valence-corrected chi connectivity index (χ2v) is 7.65. The Hall–Kier alpha value is -3.09. The van der Waals surface area contributed by atoms with Crippen LogP contribution in [0.3, 0.4) is 0 Å². The molecule has 0 bridgehead atoms. The van der Waals surface area contributed by atoms with E-state index in [-0.39, 0.29) is 23.4 Å². The van der Waals surface area contributed by atoms with Crippen molar-refractivity contribution < 1.29 is 13.9 Å². The van der Waals surface area contributed by atoms with E-state index in [9.17, 15) is 9.18 Å². The van der Waals surface area contributed by atoms with Crippen LogP contribution in [0.15, 0.2) is 53.5 Å². The number of benzene rings is 2. The lowest BCUT2D eigenvalue weighted by molar-refractivity contribution is -0.127. The van der Waals surface area contributed by atoms with Crippen LogP contribution in [0.25, 0.3) is 0 Å². The second-order valence-electron chi connectivity index (χ2n) is 7.65. The molecule has 6 nitrogen and oxygen atoms in total. The molecule has 1 unspecified atom stereocenters. The van der Waals surface area contributed by atoms with Gasteiger partial charge in [-0.15, -0.1) is 0 Å². The number of aliphatic imine (C=N–C) groups is 1. The van der Waals surface area contributed by atoms with E-state index in [0.717, 1.165) is 25.1 Å². The van der Waals surface area contributed by atoms with Crippen molar-refractivity contribution >= 4 is 11.9 Å². The topological polar surface area (TPSA) is 66.0 Å². The summed E-state index contributed by atoms with van der Waals surface area (Å²) in [5.41, 5.74) is 2.04. The van der Waals surface area contributed by atoms with Gasteiger partial charge in [-0.3, -0.25) is 9.79 Å². The fourth-order valence-corrected chi connectivity index (χ4v) is 3.69. The van der Waals surface area contributed by atoms with Gasteiger partial charge in [0.25, 0.3) is 0 Å². The normalized spacial score (nSPS) is 16.5. The first-order chi connectivity index (χ1) is 15.1. The molecule has 31 heavy (non-hydrogen) atoms. The van der Waals surface area contributed by atoms with E-state index in [0.29, 0.717) is 32.1 Å². The molecule has 0 aliphatic carbocycles. The molecular weight excluding hydrogens is 395 g/mol. The Labute approximate surface area is 183 Å². The van der Waals surface area contributed by atoms with Gasteiger partial charge in [0.15, 0.2) is 17.5 Å². The van der Waals surface area contributed by atoms with Crippen LogP contribution in [-0.4, -0.2) is 50.1 Å². The summed E-state index contributed by atoms with van der Waals surface area (Å²) in [7, 11) is 1.69. The van der Waals surface area contributed by atoms with Crippen LogP contribution in [0.1, 0.15) is 24.5 Å². The van der Waals surface area contributed by atoms with Gasteiger partial charge in [0.2, 0.25) is 5.91 Å². The fraction of sp³-hybridized carbons (Fsp3) is 0.417. The summed E-state index contributed by atoms with van der Waals surface area (Å²) < 4.78 is 19.2. The Morgan fingerprint density at radius 3 is 2.71 bits per heavy atom. The molecule has 2 N–H and O–H groups in total. The van der Waals surface area contributed by atoms with Crippen molar-refractivity contribution in [2.24, 2.45) is 10.9 Å². The van der Waals surface area contributed by atoms with E-state index in [2.05, 4.69) is 27.8 Å². The lowest BCUT2D eigenvalue weighted by Gasteiger charge is -2.18. The molecule has 0 spiro atoms. The van der Waals surface area contributed by atoms with E-state index in [4.69, 9.17) is 4.74 Å². The molecule has 1 atom stereocenters. The summed E-state index contributed by atoms with van der Waals surface area (Å²) in [5, 5.41) is 6.47. The van der Waals surface area contributed by atoms with Crippen molar-refractivity contribution in [2.45, 2.75) is 26.3 Å². The van der Waals surface area contributed by atoms with E-state index >= 15 is 0 Å². The van der Waals surface area contributed by atoms with Crippen LogP contribution in [-0.2, 0) is 17.8 Å². The second kappa shape index (κ2) is 11.3. The van der Waals surface area contributed by atoms with Gasteiger partial charge in [0.1, 0.15) is 0 Å². The molecule has 0 aromatic heterocycles. The van der Waals surface area contributed by atoms with Crippen LogP contribution in [0.2, 0.25) is 0 Å². The number of carbonyl (C=O) groups excluding carboxylic acids is 1. The smallest absolute Gasteiger partial charge is 0.223 e. The van der Waals surface area contributed by atoms with Gasteiger partial charge in [-0.1, -0.05) is 36.4 Å². The summed E-state index contributed by atoms with van der Waals surface area (Å²) in [6.07, 6.45) is 1.41. The lowest BCUT2D eigenvalue weighted by atomic mass is 10.1. The zero-order valence-electron chi connectivity index (χ0n) is 18.2. The summed E-state index contributed by atoms with van der Waals surface area (Å²) >= 11 is 0. The highest BCUT2D eigenvalue weighted by atomic mass is 19.1. The van der Waals surface area contributed by atoms with Gasteiger partial charge in [-0.2, -0.15) is 0 Å². The lowest BCUT2D eigenvalue weighted by Crippen LogP contribution is -2.40. The monoisotopic (exact) mass is 426 g/mol. The Morgan fingerprint density at radius 2 is 2.00 bits per heavy atom. The Morgan fingerprint density at radius 1 is 1.19 bits per heavy atom. The van der Waals surface area contributed by atoms with Crippen LogP contribution in [0.5, 0.6) is 5.75 Å². The molecule has 1 saturated heterocycles. The van der Waals surface area contributed by atoms with Crippen LogP contribution < -0.4 is 15.4 Å². The predicted octanol–water partition coefficient (Wildman–Crippen LogP) is 2.98. The third kappa shape index (κ3) is 6.70. The van der Waals surface area contributed by atoms with Crippen molar-refractivity contribution in [2.75, 3.05) is 33.3 Å². The minimum Gasteiger partial charge on any atom is -0.491 e. The first-order valence-corrected chi connectivity index (χ1v) is 10.8. The highest BCUT2D eigenvalue weighted by Gasteiger charge is 2.29. The molecule has 3 rings (SSSR count). The van der Waals surface area contributed by atoms with Crippen LogP contribution >= 0.6 is 0 Å². The summed E-state index contributed by atoms with van der Waals surface area (Å²) in [6, 6.07) is 15.2. The van der Waals surface area contributed by atoms with Gasteiger partial charge in [-0.05, 0) is 36.6 Å². The third-order valence-electron chi connectivity index (χ3n) is 5.35. The van der Waals surface area contributed by atoms with Crippen molar-refractivity contribution in [3.8, 4) is 5.75 Å². The molecule has 2 aromatic rings. The molecule has 1 fully saturated rings. The summed E-state index contributed by atoms with van der Waals surface area (Å²) in [4.78, 5) is 18.5. The van der Waals surface area contributed by atoms with Crippen LogP contribution in [0.4, 0.5) is 4.39 Å². The number of hydrogen-bond donors (Lipinski definition) is 2. The predicted molar refractivity (Wildman–Crippen MR) is 121 cm³/mol. The number of ether oxygens (including phenoxy) is 1. The number of hydrogen-bond acceptors (Lipinski definition) is 3. The van der Waals surface area contributed by atoms with Crippen molar-refractivity contribution in [1.82, 2.24) is 15.5 Å². The zero-order chi connectivity index (χ0) is 22.1. The SMILES string of the molecule is CCOc1ccc(CNC(=NC)NCC2CC(=O)N(CCc3ccccc3)C2)cc1F. The molecule has 1 aliphatic rings. The molecule has 166 valence electrons. The van der Waals surface area contributed by atoms with Gasteiger partial charge in [0, 0.05) is 45.6 Å². The molecule has 0 saturated carbocycles. The largest absolute Gasteiger partial charge is 0.491 e. The quantitative estimate of drug-likeness (QED) is 0.478. The zero-order valence-corrected chi connectivity index (χ0v) is 18.2. The number of likely N-dealkylation sites (tertiary alicyclic amines) is 1. The number of guanidine groups is 1. The van der Waals surface area contributed by atoms with E-state index in [1.54, 1.807) is 13.1 Å². The number of rotatable bonds is 9. The average Bonchev–Trinajstić information content (AvgIpc) is 3.14. The molecule has 0 radical (unpaired) electrons. The molecule has 1 heterocycles. The van der Waals surface area contributed by atoms with Gasteiger partial charge in [-0.25, -0.2) is 4.39 Å². The first-order valence-electron chi connectivity index (χ1n) is 10.8. The third-order valence-corrected chi connectivity index (χ3v) is 5.35. The van der Waals surface area contributed by atoms with E-state index in [1.807, 2.05) is 36.1 Å². The maximum Gasteiger partial charge on any atom is 0.223 e. The average molecular weight is 427 g/mol. The summed E-state index contributed by atoms with van der Waals surface area (Å²) in [5.74, 6) is 0.963. The minimum atomic E-state index is -0.371. The maximum atomic E-state index is 14.0. The Balaban J connectivity index is 1.42. The maximum absolute atomic E-state index is 14.0. The van der Waals surface area contributed by atoms with Gasteiger partial charge in [0.05, 0.1) is 6.61 Å². The van der Waals surface area contributed by atoms with Gasteiger partial charge < -0.3 is 20.3 Å². The molecule has 2 aromatic carbocycles. The van der Waals surface area contributed by atoms with Crippen LogP contribution in [0, 0.1) is 11.7 Å². The number of halogens is 1. The molecular formula is C24H31FN4O2. The fourth-order valence-electron chi connectivity index (χ4n) is 3.69. The number of nitrogens with zero attached hydrogens (tertiary/aromatic N) is 2. The van der Waals surface area contributed by atoms with Crippen molar-refractivity contribution in [3.05, 3.63) is 65.5 Å². The number of nitrogens with one attached hydrogen (secondary N) is 2. The first kappa shape index (κ1) is 22.6. The Kier molecular flexibility index (Phi) is 8.27. The standard InChI is InChI=1S/C24H31FN4O2/c1-3-31-22-10-9-19(13-21(22)25)15-27-24(26-2)28-16-20-14-23(30)29(17-20)12-11-18-7-5-4-6-8-18/h4-10,13,20H,3,11-12,14-17H2,1-2H3,(H2,26,27,28). The number of amides is 1. The van der Waals surface area contributed by atoms with Crippen molar-refractivity contribution in [1.29, 1.82) is 0 Å². The highest BCUT2D eigenvalue weighted by Crippen LogP contribution is 2.19. The summed E-state index contributed by atoms with van der Waals surface area (Å²) in [6.45, 7) is 4.85. The van der Waals surface area contributed by atoms with Crippen molar-refractivity contribution in [3.63, 3.8) is 0 Å². The van der Waals surface area contributed by atoms with E-state index in [1.165, 1.54) is 11.6 Å². The highest BCUT2D eigenvalue weighted by molar-refractivity contribution is 5.80. The van der Waals surface area contributed by atoms with E-state index < -0.39 is 0 Å². The molecule has 7 heteroatoms.